The van der Waals surface area contributed by atoms with Crippen LogP contribution >= 0.6 is 24.0 Å². The zero-order chi connectivity index (χ0) is 24.7. The molecule has 1 aromatic heterocycles. The van der Waals surface area contributed by atoms with Crippen LogP contribution in [0.3, 0.4) is 0 Å². The minimum absolute atomic E-state index is 0.108. The molecule has 0 radical (unpaired) electrons. The van der Waals surface area contributed by atoms with Crippen molar-refractivity contribution < 1.29 is 14.3 Å². The Morgan fingerprint density at radius 3 is 2.66 bits per heavy atom. The summed E-state index contributed by atoms with van der Waals surface area (Å²) in [6, 6.07) is 7.65. The molecule has 0 saturated carbocycles. The van der Waals surface area contributed by atoms with E-state index in [4.69, 9.17) is 21.7 Å². The molecular formula is C25H24N4O4S2. The number of pyridine rings is 1. The van der Waals surface area contributed by atoms with Gasteiger partial charge in [0.25, 0.3) is 11.5 Å². The van der Waals surface area contributed by atoms with Crippen molar-refractivity contribution in [1.29, 1.82) is 5.26 Å². The van der Waals surface area contributed by atoms with Gasteiger partial charge in [-0.15, -0.1) is 0 Å². The minimum Gasteiger partial charge on any atom is -0.454 e. The maximum atomic E-state index is 13.4. The van der Waals surface area contributed by atoms with Crippen LogP contribution in [0.1, 0.15) is 42.0 Å². The van der Waals surface area contributed by atoms with Gasteiger partial charge in [-0.1, -0.05) is 30.0 Å². The van der Waals surface area contributed by atoms with E-state index < -0.39 is 0 Å². The summed E-state index contributed by atoms with van der Waals surface area (Å²) in [4.78, 5) is 30.7. The lowest BCUT2D eigenvalue weighted by Crippen LogP contribution is -2.32. The SMILES string of the molecule is CCn1c(N2CCCC2)c(C=C2SC(=S)N(Cc3ccc4c(c3)OCO4)C2=O)c(C)c(C#N)c1=O. The average Bonchev–Trinajstić information content (AvgIpc) is 3.59. The van der Waals surface area contributed by atoms with Crippen molar-refractivity contribution in [2.45, 2.75) is 39.8 Å². The Morgan fingerprint density at radius 2 is 1.94 bits per heavy atom. The van der Waals surface area contributed by atoms with Crippen molar-refractivity contribution in [2.24, 2.45) is 0 Å². The fraction of sp³-hybridized carbons (Fsp3) is 0.360. The van der Waals surface area contributed by atoms with E-state index in [-0.39, 0.29) is 23.8 Å². The van der Waals surface area contributed by atoms with Gasteiger partial charge in [-0.05, 0) is 56.0 Å². The smallest absolute Gasteiger partial charge is 0.270 e. The molecule has 4 heterocycles. The monoisotopic (exact) mass is 508 g/mol. The van der Waals surface area contributed by atoms with Gasteiger partial charge in [0, 0.05) is 25.2 Å². The molecule has 0 aliphatic carbocycles. The number of carbonyl (C=O) groups excluding carboxylic acids is 1. The number of hydrogen-bond acceptors (Lipinski definition) is 8. The third-order valence-corrected chi connectivity index (χ3v) is 7.87. The molecule has 0 N–H and O–H groups in total. The van der Waals surface area contributed by atoms with Gasteiger partial charge in [0.2, 0.25) is 6.79 Å². The first-order chi connectivity index (χ1) is 16.9. The van der Waals surface area contributed by atoms with E-state index in [0.717, 1.165) is 42.9 Å². The number of nitriles is 1. The molecule has 2 aromatic rings. The van der Waals surface area contributed by atoms with Crippen molar-refractivity contribution in [3.63, 3.8) is 0 Å². The van der Waals surface area contributed by atoms with Crippen LogP contribution < -0.4 is 19.9 Å². The molecular weight excluding hydrogens is 484 g/mol. The molecule has 2 fully saturated rings. The minimum atomic E-state index is -0.290. The summed E-state index contributed by atoms with van der Waals surface area (Å²) in [6.07, 6.45) is 3.87. The van der Waals surface area contributed by atoms with E-state index in [1.165, 1.54) is 11.8 Å². The van der Waals surface area contributed by atoms with Crippen LogP contribution in [0.25, 0.3) is 6.08 Å². The predicted molar refractivity (Wildman–Crippen MR) is 139 cm³/mol. The van der Waals surface area contributed by atoms with Crippen LogP contribution in [0, 0.1) is 18.3 Å². The van der Waals surface area contributed by atoms with Gasteiger partial charge < -0.3 is 14.4 Å². The Morgan fingerprint density at radius 1 is 1.20 bits per heavy atom. The summed E-state index contributed by atoms with van der Waals surface area (Å²) in [7, 11) is 0. The summed E-state index contributed by atoms with van der Waals surface area (Å²) in [6.45, 7) is 6.27. The lowest BCUT2D eigenvalue weighted by atomic mass is 10.0. The molecule has 10 heteroatoms. The van der Waals surface area contributed by atoms with Gasteiger partial charge in [0.15, 0.2) is 11.5 Å². The number of nitrogens with zero attached hydrogens (tertiary/aromatic N) is 4. The van der Waals surface area contributed by atoms with Crippen LogP contribution in [0.4, 0.5) is 5.82 Å². The van der Waals surface area contributed by atoms with Crippen molar-refractivity contribution in [3.8, 4) is 17.6 Å². The Labute approximate surface area is 212 Å². The molecule has 5 rings (SSSR count). The summed E-state index contributed by atoms with van der Waals surface area (Å²) < 4.78 is 12.9. The Balaban J connectivity index is 1.54. The van der Waals surface area contributed by atoms with Crippen molar-refractivity contribution in [3.05, 3.63) is 55.7 Å². The highest BCUT2D eigenvalue weighted by Crippen LogP contribution is 2.38. The second-order valence-electron chi connectivity index (χ2n) is 8.55. The van der Waals surface area contributed by atoms with Crippen LogP contribution in [0.2, 0.25) is 0 Å². The standard InChI is InChI=1S/C25H24N4O4S2/c1-3-28-22(27-8-4-5-9-27)17(15(2)18(12-26)23(28)30)11-21-24(31)29(25(34)35-21)13-16-6-7-19-20(10-16)33-14-32-19/h6-7,10-11H,3-5,8-9,13-14H2,1-2H3. The van der Waals surface area contributed by atoms with Crippen LogP contribution in [0.5, 0.6) is 11.5 Å². The Kier molecular flexibility index (Phi) is 6.30. The normalized spacial score (nSPS) is 18.1. The highest BCUT2D eigenvalue weighted by atomic mass is 32.2. The average molecular weight is 509 g/mol. The van der Waals surface area contributed by atoms with Gasteiger partial charge in [-0.3, -0.25) is 19.1 Å². The second-order valence-corrected chi connectivity index (χ2v) is 10.2. The number of fused-ring (bicyclic) bond motifs is 1. The number of thioether (sulfide) groups is 1. The fourth-order valence-corrected chi connectivity index (χ4v) is 5.93. The quantitative estimate of drug-likeness (QED) is 0.446. The molecule has 0 atom stereocenters. The van der Waals surface area contributed by atoms with Crippen LogP contribution in [-0.2, 0) is 17.9 Å². The number of aromatic nitrogens is 1. The third kappa shape index (κ3) is 4.09. The van der Waals surface area contributed by atoms with Gasteiger partial charge in [0.1, 0.15) is 21.8 Å². The third-order valence-electron chi connectivity index (χ3n) is 6.49. The molecule has 0 bridgehead atoms. The topological polar surface area (TPSA) is 87.8 Å². The molecule has 2 saturated heterocycles. The maximum absolute atomic E-state index is 13.4. The fourth-order valence-electron chi connectivity index (χ4n) is 4.70. The zero-order valence-electron chi connectivity index (χ0n) is 19.5. The second kappa shape index (κ2) is 9.40. The molecule has 1 aromatic carbocycles. The van der Waals surface area contributed by atoms with E-state index in [1.54, 1.807) is 22.5 Å². The largest absolute Gasteiger partial charge is 0.454 e. The number of amides is 1. The van der Waals surface area contributed by atoms with Gasteiger partial charge in [-0.25, -0.2) is 0 Å². The molecule has 1 amide bonds. The van der Waals surface area contributed by atoms with E-state index in [1.807, 2.05) is 25.1 Å². The molecule has 3 aliphatic heterocycles. The number of rotatable bonds is 5. The van der Waals surface area contributed by atoms with Crippen LogP contribution in [-0.4, -0.2) is 39.6 Å². The Hall–Kier alpha value is -3.29. The number of thiocarbonyl (C=S) groups is 1. The zero-order valence-corrected chi connectivity index (χ0v) is 21.1. The summed E-state index contributed by atoms with van der Waals surface area (Å²) in [5.41, 5.74) is 2.02. The highest BCUT2D eigenvalue weighted by Gasteiger charge is 2.34. The van der Waals surface area contributed by atoms with Crippen molar-refractivity contribution >= 4 is 46.1 Å². The van der Waals surface area contributed by atoms with Gasteiger partial charge >= 0.3 is 0 Å². The highest BCUT2D eigenvalue weighted by molar-refractivity contribution is 8.26. The first kappa shape index (κ1) is 23.5. The Bertz CT molecular complexity index is 1370. The molecule has 35 heavy (non-hydrogen) atoms. The molecule has 0 unspecified atom stereocenters. The molecule has 180 valence electrons. The number of hydrogen-bond donors (Lipinski definition) is 0. The van der Waals surface area contributed by atoms with Gasteiger partial charge in [-0.2, -0.15) is 5.26 Å². The van der Waals surface area contributed by atoms with Crippen LogP contribution in [0.15, 0.2) is 27.9 Å². The summed E-state index contributed by atoms with van der Waals surface area (Å²) in [5.74, 6) is 1.91. The number of carbonyl (C=O) groups is 1. The lowest BCUT2D eigenvalue weighted by Gasteiger charge is -2.26. The first-order valence-electron chi connectivity index (χ1n) is 11.5. The first-order valence-corrected chi connectivity index (χ1v) is 12.7. The number of benzene rings is 1. The molecule has 3 aliphatic rings. The predicted octanol–water partition coefficient (Wildman–Crippen LogP) is 3.78. The van der Waals surface area contributed by atoms with E-state index >= 15 is 0 Å². The van der Waals surface area contributed by atoms with Crippen molar-refractivity contribution in [2.75, 3.05) is 24.8 Å². The number of ether oxygens (including phenoxy) is 2. The van der Waals surface area contributed by atoms with Crippen molar-refractivity contribution in [1.82, 2.24) is 9.47 Å². The van der Waals surface area contributed by atoms with E-state index in [2.05, 4.69) is 11.0 Å². The molecule has 0 spiro atoms. The molecule has 8 nitrogen and oxygen atoms in total. The summed E-state index contributed by atoms with van der Waals surface area (Å²) in [5, 5.41) is 9.71. The van der Waals surface area contributed by atoms with Gasteiger partial charge in [0.05, 0.1) is 11.4 Å². The van der Waals surface area contributed by atoms with E-state index in [9.17, 15) is 14.9 Å². The maximum Gasteiger partial charge on any atom is 0.270 e. The number of anilines is 1. The van der Waals surface area contributed by atoms with E-state index in [0.29, 0.717) is 39.4 Å². The summed E-state index contributed by atoms with van der Waals surface area (Å²) >= 11 is 6.79. The lowest BCUT2D eigenvalue weighted by molar-refractivity contribution is -0.122.